The molecule has 58 heavy (non-hydrogen) atoms. The van der Waals surface area contributed by atoms with E-state index >= 15 is 0 Å². The van der Waals surface area contributed by atoms with E-state index in [0.29, 0.717) is 22.3 Å². The highest BCUT2D eigenvalue weighted by Gasteiger charge is 2.42. The summed E-state index contributed by atoms with van der Waals surface area (Å²) in [7, 11) is -8.69. The number of benzene rings is 5. The normalized spacial score (nSPS) is 14.2. The van der Waals surface area contributed by atoms with Crippen molar-refractivity contribution in [1.82, 2.24) is 0 Å². The molecule has 0 aliphatic heterocycles. The van der Waals surface area contributed by atoms with Gasteiger partial charge in [-0.15, -0.1) is 0 Å². The topological polar surface area (TPSA) is 94.8 Å². The van der Waals surface area contributed by atoms with Gasteiger partial charge in [0.05, 0.1) is 4.90 Å². The third-order valence-electron chi connectivity index (χ3n) is 11.6. The van der Waals surface area contributed by atoms with Crippen LogP contribution in [0.5, 0.6) is 0 Å². The minimum Gasteiger partial charge on any atom is -0.224 e. The molecule has 0 saturated heterocycles. The average molecular weight is 826 g/mol. The molecule has 0 aliphatic carbocycles. The van der Waals surface area contributed by atoms with Crippen LogP contribution >= 0.6 is 7.94 Å². The molecule has 5 nitrogen and oxygen atoms in total. The van der Waals surface area contributed by atoms with Gasteiger partial charge in [0, 0.05) is 17.4 Å². The molecule has 0 amide bonds. The Labute approximate surface area is 350 Å². The van der Waals surface area contributed by atoms with Crippen molar-refractivity contribution in [3.05, 3.63) is 94.0 Å². The van der Waals surface area contributed by atoms with Crippen molar-refractivity contribution in [3.63, 3.8) is 0 Å². The summed E-state index contributed by atoms with van der Waals surface area (Å²) in [5.41, 5.74) is 6.78. The van der Waals surface area contributed by atoms with Gasteiger partial charge in [0.2, 0.25) is 0 Å². The lowest BCUT2D eigenvalue weighted by Gasteiger charge is -2.32. The second kappa shape index (κ2) is 14.2. The summed E-state index contributed by atoms with van der Waals surface area (Å²) >= 11 is 0. The first-order valence-electron chi connectivity index (χ1n) is 20.5. The first-order chi connectivity index (χ1) is 25.8. The fourth-order valence-corrected chi connectivity index (χ4v) is 9.96. The SMILES string of the molecule is CC(C)(C)c1cc(C(C)(C)C)c2cc(-c3c([P+](O)(O)O)ccc(S(C)(=O)=O)c3-c3cc4c(C(C)(C)C)cc(C(C)(C)C)cc4cc3C(C)(C)C)c(C(C)(C)C)cc2c1. The first-order valence-corrected chi connectivity index (χ1v) is 24.1. The lowest BCUT2D eigenvalue weighted by Crippen LogP contribution is -2.22. The van der Waals surface area contributed by atoms with E-state index in [1.807, 2.05) is 0 Å². The molecule has 0 atom stereocenters. The molecule has 0 unspecified atom stereocenters. The smallest absolute Gasteiger partial charge is 0.224 e. The summed E-state index contributed by atoms with van der Waals surface area (Å²) in [6.07, 6.45) is 1.21. The third-order valence-corrected chi connectivity index (χ3v) is 13.7. The van der Waals surface area contributed by atoms with Gasteiger partial charge in [-0.2, -0.15) is 14.7 Å². The van der Waals surface area contributed by atoms with Gasteiger partial charge in [0.1, 0.15) is 0 Å². The van der Waals surface area contributed by atoms with Gasteiger partial charge < -0.3 is 0 Å². The average Bonchev–Trinajstić information content (AvgIpc) is 3.01. The van der Waals surface area contributed by atoms with Crippen molar-refractivity contribution in [1.29, 1.82) is 0 Å². The minimum atomic E-state index is -4.76. The van der Waals surface area contributed by atoms with Crippen molar-refractivity contribution in [2.45, 2.75) is 162 Å². The Bertz CT molecular complexity index is 2550. The van der Waals surface area contributed by atoms with Crippen LogP contribution in [0.1, 0.15) is 158 Å². The van der Waals surface area contributed by atoms with Gasteiger partial charge in [0.15, 0.2) is 15.1 Å². The molecule has 5 aromatic rings. The fraction of sp³-hybridized carbons (Fsp3) is 0.490. The lowest BCUT2D eigenvalue weighted by molar-refractivity contribution is 0.347. The molecule has 0 aliphatic rings. The van der Waals surface area contributed by atoms with E-state index in [4.69, 9.17) is 0 Å². The molecule has 0 fully saturated rings. The molecular formula is C51H70O5PS+. The van der Waals surface area contributed by atoms with Gasteiger partial charge in [-0.3, -0.25) is 0 Å². The van der Waals surface area contributed by atoms with Crippen molar-refractivity contribution < 1.29 is 23.1 Å². The molecule has 0 saturated carbocycles. The van der Waals surface area contributed by atoms with Crippen molar-refractivity contribution >= 4 is 44.6 Å². The van der Waals surface area contributed by atoms with E-state index in [2.05, 4.69) is 173 Å². The van der Waals surface area contributed by atoms with E-state index in [1.165, 1.54) is 29.5 Å². The maximum absolute atomic E-state index is 14.2. The third kappa shape index (κ3) is 8.98. The number of hydrogen-bond donors (Lipinski definition) is 3. The Morgan fingerprint density at radius 1 is 0.431 bits per heavy atom. The molecule has 5 aromatic carbocycles. The summed E-state index contributed by atoms with van der Waals surface area (Å²) in [5, 5.41) is 4.02. The Hall–Kier alpha value is -3.12. The van der Waals surface area contributed by atoms with Crippen LogP contribution in [0.25, 0.3) is 43.8 Å². The minimum absolute atomic E-state index is 0.0623. The number of hydrogen-bond acceptors (Lipinski definition) is 5. The molecule has 7 heteroatoms. The molecule has 0 aromatic heterocycles. The molecule has 0 spiro atoms. The second-order valence-electron chi connectivity index (χ2n) is 23.0. The van der Waals surface area contributed by atoms with Crippen molar-refractivity contribution in [3.8, 4) is 22.3 Å². The molecule has 0 bridgehead atoms. The van der Waals surface area contributed by atoms with Crippen LogP contribution < -0.4 is 5.30 Å². The van der Waals surface area contributed by atoms with Crippen LogP contribution in [0.15, 0.2) is 65.6 Å². The predicted molar refractivity (Wildman–Crippen MR) is 251 cm³/mol. The standard InChI is InChI=1S/C51H70O5PS/c1-46(2,3)32-22-30-24-38(48(7,8)9)36(28-34(30)40(26-32)50(13,14)15)44-42(57(52,53)54)20-21-43(58(19,55)56)45(44)37-29-35-31(25-39(37)49(10,11)12)23-33(47(4,5)6)27-41(35)51(16,17)18/h20-29,52-54H,1-19H3/q+1. The van der Waals surface area contributed by atoms with Gasteiger partial charge in [-0.1, -0.05) is 149 Å². The first kappa shape index (κ1) is 46.0. The van der Waals surface area contributed by atoms with E-state index in [1.54, 1.807) is 0 Å². The van der Waals surface area contributed by atoms with E-state index in [0.717, 1.165) is 43.8 Å². The van der Waals surface area contributed by atoms with E-state index in [-0.39, 0.29) is 31.9 Å². The summed E-state index contributed by atoms with van der Waals surface area (Å²) < 4.78 is 28.4. The quantitative estimate of drug-likeness (QED) is 0.157. The van der Waals surface area contributed by atoms with Crippen LogP contribution in [0, 0.1) is 0 Å². The largest absolute Gasteiger partial charge is 0.441 e. The number of rotatable bonds is 4. The van der Waals surface area contributed by atoms with Crippen LogP contribution in [0.2, 0.25) is 0 Å². The summed E-state index contributed by atoms with van der Waals surface area (Å²) in [5.74, 6) is 0. The van der Waals surface area contributed by atoms with Crippen molar-refractivity contribution in [2.24, 2.45) is 0 Å². The van der Waals surface area contributed by atoms with Crippen LogP contribution in [-0.4, -0.2) is 29.4 Å². The molecule has 0 radical (unpaired) electrons. The van der Waals surface area contributed by atoms with Crippen molar-refractivity contribution in [2.75, 3.05) is 6.26 Å². The fourth-order valence-electron chi connectivity index (χ4n) is 8.26. The Balaban J connectivity index is 2.19. The Morgan fingerprint density at radius 3 is 1.07 bits per heavy atom. The monoisotopic (exact) mass is 825 g/mol. The summed E-state index contributed by atoms with van der Waals surface area (Å²) in [6.45, 7) is 39.2. The zero-order chi connectivity index (χ0) is 44.3. The molecule has 0 heterocycles. The molecular weight excluding hydrogens is 756 g/mol. The van der Waals surface area contributed by atoms with Crippen LogP contribution in [0.3, 0.4) is 0 Å². The second-order valence-corrected chi connectivity index (χ2v) is 26.6. The highest BCUT2D eigenvalue weighted by molar-refractivity contribution is 7.90. The lowest BCUT2D eigenvalue weighted by atomic mass is 9.73. The highest BCUT2D eigenvalue weighted by atomic mass is 32.2. The zero-order valence-corrected chi connectivity index (χ0v) is 40.5. The van der Waals surface area contributed by atoms with Crippen LogP contribution in [-0.2, 0) is 42.3 Å². The maximum Gasteiger partial charge on any atom is 0.441 e. The van der Waals surface area contributed by atoms with Gasteiger partial charge in [-0.25, -0.2) is 8.42 Å². The van der Waals surface area contributed by atoms with E-state index < -0.39 is 28.6 Å². The molecule has 3 N–H and O–H groups in total. The van der Waals surface area contributed by atoms with Gasteiger partial charge in [-0.05, 0) is 135 Å². The maximum atomic E-state index is 14.2. The molecule has 5 rings (SSSR count). The van der Waals surface area contributed by atoms with Crippen LogP contribution in [0.4, 0.5) is 0 Å². The number of fused-ring (bicyclic) bond motifs is 2. The Kier molecular flexibility index (Phi) is 11.3. The number of sulfone groups is 1. The highest BCUT2D eigenvalue weighted by Crippen LogP contribution is 2.54. The van der Waals surface area contributed by atoms with E-state index in [9.17, 15) is 23.1 Å². The predicted octanol–water partition coefficient (Wildman–Crippen LogP) is 12.9. The Morgan fingerprint density at radius 2 is 0.776 bits per heavy atom. The molecule has 314 valence electrons. The van der Waals surface area contributed by atoms with Gasteiger partial charge >= 0.3 is 7.94 Å². The van der Waals surface area contributed by atoms with Gasteiger partial charge in [0.25, 0.3) is 0 Å². The summed E-state index contributed by atoms with van der Waals surface area (Å²) in [6, 6.07) is 20.5. The summed E-state index contributed by atoms with van der Waals surface area (Å²) in [4.78, 5) is 34.4. The zero-order valence-electron chi connectivity index (χ0n) is 38.8.